The third-order valence-electron chi connectivity index (χ3n) is 4.80. The first-order valence-corrected chi connectivity index (χ1v) is 9.50. The summed E-state index contributed by atoms with van der Waals surface area (Å²) in [5, 5.41) is 12.4. The average molecular weight is 417 g/mol. The van der Waals surface area contributed by atoms with Crippen molar-refractivity contribution in [2.45, 2.75) is 18.5 Å². The molecule has 0 spiro atoms. The summed E-state index contributed by atoms with van der Waals surface area (Å²) in [6.07, 6.45) is -4.77. The smallest absolute Gasteiger partial charge is 0.416 e. The number of amides is 1. The van der Waals surface area contributed by atoms with E-state index in [1.54, 1.807) is 30.3 Å². The number of carbonyl (C=O) groups is 2. The number of anilines is 1. The molecule has 0 aliphatic carbocycles. The zero-order chi connectivity index (χ0) is 20.8. The highest BCUT2D eigenvalue weighted by molar-refractivity contribution is 7.15. The molecule has 2 heterocycles. The molecule has 0 bridgehead atoms. The molecule has 0 unspecified atom stereocenters. The number of carbonyl (C=O) groups excluding carboxylic acids is 1. The third kappa shape index (κ3) is 3.40. The summed E-state index contributed by atoms with van der Waals surface area (Å²) in [5.41, 5.74) is 0.316. The predicted octanol–water partition coefficient (Wildman–Crippen LogP) is 5.61. The number of halogens is 3. The van der Waals surface area contributed by atoms with Crippen LogP contribution in [0.25, 0.3) is 11.1 Å². The number of alkyl halides is 3. The highest BCUT2D eigenvalue weighted by atomic mass is 32.1. The van der Waals surface area contributed by atoms with Gasteiger partial charge in [-0.15, -0.1) is 11.3 Å². The molecule has 1 aliphatic heterocycles. The van der Waals surface area contributed by atoms with E-state index < -0.39 is 29.5 Å². The second kappa shape index (κ2) is 7.04. The third-order valence-corrected chi connectivity index (χ3v) is 6.10. The van der Waals surface area contributed by atoms with Crippen LogP contribution in [0.3, 0.4) is 0 Å². The Bertz CT molecular complexity index is 1110. The van der Waals surface area contributed by atoms with Crippen molar-refractivity contribution in [2.24, 2.45) is 0 Å². The summed E-state index contributed by atoms with van der Waals surface area (Å²) in [6, 6.07) is 13.7. The van der Waals surface area contributed by atoms with E-state index in [4.69, 9.17) is 0 Å². The lowest BCUT2D eigenvalue weighted by molar-refractivity contribution is -0.138. The number of rotatable bonds is 3. The van der Waals surface area contributed by atoms with E-state index in [1.165, 1.54) is 18.2 Å². The second-order valence-electron chi connectivity index (χ2n) is 6.61. The van der Waals surface area contributed by atoms with Crippen LogP contribution in [0.5, 0.6) is 0 Å². The quantitative estimate of drug-likeness (QED) is 0.582. The maximum atomic E-state index is 13.6. The monoisotopic (exact) mass is 417 g/mol. The molecule has 4 nitrogen and oxygen atoms in total. The fraction of sp³-hybridized carbons (Fsp3) is 0.143. The Hall–Kier alpha value is -3.13. The molecule has 1 amide bonds. The number of carboxylic acid groups (broad SMARTS) is 1. The van der Waals surface area contributed by atoms with Crippen LogP contribution in [0.1, 0.15) is 38.0 Å². The number of fused-ring (bicyclic) bond motifs is 1. The van der Waals surface area contributed by atoms with Crippen molar-refractivity contribution in [1.82, 2.24) is 0 Å². The molecule has 2 aromatic carbocycles. The fourth-order valence-corrected chi connectivity index (χ4v) is 4.86. The van der Waals surface area contributed by atoms with Gasteiger partial charge < -0.3 is 10.4 Å². The minimum atomic E-state index is -4.58. The number of hydrogen-bond acceptors (Lipinski definition) is 3. The molecule has 148 valence electrons. The maximum Gasteiger partial charge on any atom is 0.416 e. The van der Waals surface area contributed by atoms with Crippen LogP contribution in [-0.4, -0.2) is 17.0 Å². The highest BCUT2D eigenvalue weighted by Gasteiger charge is 2.40. The van der Waals surface area contributed by atoms with Gasteiger partial charge in [0.25, 0.3) is 0 Å². The minimum Gasteiger partial charge on any atom is -0.477 e. The summed E-state index contributed by atoms with van der Waals surface area (Å²) in [5.74, 6) is -2.52. The van der Waals surface area contributed by atoms with E-state index in [9.17, 15) is 27.9 Å². The van der Waals surface area contributed by atoms with E-state index in [-0.39, 0.29) is 22.5 Å². The van der Waals surface area contributed by atoms with Crippen molar-refractivity contribution in [3.63, 3.8) is 0 Å². The molecule has 0 saturated heterocycles. The summed E-state index contributed by atoms with van der Waals surface area (Å²) < 4.78 is 40.7. The van der Waals surface area contributed by atoms with Crippen molar-refractivity contribution >= 4 is 28.9 Å². The Kier molecular flexibility index (Phi) is 4.66. The van der Waals surface area contributed by atoms with Gasteiger partial charge in [-0.25, -0.2) is 4.79 Å². The van der Waals surface area contributed by atoms with Crippen LogP contribution >= 0.6 is 11.3 Å². The first-order valence-electron chi connectivity index (χ1n) is 8.68. The standard InChI is InChI=1S/C21H14F3NO3S/c22-21(23,24)14-9-5-4-8-12(14)13-10-15(26)25-17-16(11-6-2-1-3-7-11)19(20(27)28)29-18(13)17/h1-9,13H,10H2,(H,25,26)(H,27,28)/t13-/m1/s1. The average Bonchev–Trinajstić information content (AvgIpc) is 3.07. The molecule has 2 N–H and O–H groups in total. The van der Waals surface area contributed by atoms with Crippen LogP contribution in [0.4, 0.5) is 18.9 Å². The summed E-state index contributed by atoms with van der Waals surface area (Å²) >= 11 is 0.908. The van der Waals surface area contributed by atoms with E-state index in [0.29, 0.717) is 16.0 Å². The van der Waals surface area contributed by atoms with Crippen LogP contribution in [0, 0.1) is 0 Å². The van der Waals surface area contributed by atoms with Crippen molar-refractivity contribution < 1.29 is 27.9 Å². The van der Waals surface area contributed by atoms with Gasteiger partial charge in [0.05, 0.1) is 11.3 Å². The van der Waals surface area contributed by atoms with Gasteiger partial charge in [-0.3, -0.25) is 4.79 Å². The second-order valence-corrected chi connectivity index (χ2v) is 7.66. The number of carboxylic acids is 1. The normalized spacial score (nSPS) is 16.2. The van der Waals surface area contributed by atoms with Gasteiger partial charge >= 0.3 is 12.1 Å². The van der Waals surface area contributed by atoms with Crippen molar-refractivity contribution in [2.75, 3.05) is 5.32 Å². The van der Waals surface area contributed by atoms with Gasteiger partial charge in [0.2, 0.25) is 5.91 Å². The molecular weight excluding hydrogens is 403 g/mol. The Balaban J connectivity index is 1.97. The molecule has 8 heteroatoms. The van der Waals surface area contributed by atoms with Crippen molar-refractivity contribution in [3.05, 3.63) is 75.5 Å². The largest absolute Gasteiger partial charge is 0.477 e. The SMILES string of the molecule is O=C1C[C@H](c2ccccc2C(F)(F)F)c2sc(C(=O)O)c(-c3ccccc3)c2N1. The van der Waals surface area contributed by atoms with E-state index in [2.05, 4.69) is 5.32 Å². The van der Waals surface area contributed by atoms with Gasteiger partial charge in [-0.2, -0.15) is 13.2 Å². The molecule has 1 aromatic heterocycles. The zero-order valence-corrected chi connectivity index (χ0v) is 15.6. The van der Waals surface area contributed by atoms with Crippen LogP contribution < -0.4 is 5.32 Å². The summed E-state index contributed by atoms with van der Waals surface area (Å²) in [4.78, 5) is 24.7. The molecule has 3 aromatic rings. The van der Waals surface area contributed by atoms with Gasteiger partial charge in [0, 0.05) is 22.8 Å². The Morgan fingerprint density at radius 1 is 1.07 bits per heavy atom. The number of thiophene rings is 1. The lowest BCUT2D eigenvalue weighted by atomic mass is 9.86. The lowest BCUT2D eigenvalue weighted by Crippen LogP contribution is -2.24. The van der Waals surface area contributed by atoms with E-state index >= 15 is 0 Å². The Morgan fingerprint density at radius 3 is 2.38 bits per heavy atom. The number of nitrogens with one attached hydrogen (secondary N) is 1. The maximum absolute atomic E-state index is 13.6. The molecule has 29 heavy (non-hydrogen) atoms. The van der Waals surface area contributed by atoms with Crippen LogP contribution in [0.2, 0.25) is 0 Å². The van der Waals surface area contributed by atoms with Crippen LogP contribution in [0.15, 0.2) is 54.6 Å². The van der Waals surface area contributed by atoms with Gasteiger partial charge in [0.15, 0.2) is 0 Å². The first-order chi connectivity index (χ1) is 13.8. The Labute approximate surface area is 167 Å². The molecule has 4 rings (SSSR count). The highest BCUT2D eigenvalue weighted by Crippen LogP contribution is 2.51. The molecular formula is C21H14F3NO3S. The summed E-state index contributed by atoms with van der Waals surface area (Å²) in [7, 11) is 0. The van der Waals surface area contributed by atoms with E-state index in [0.717, 1.165) is 17.4 Å². The topological polar surface area (TPSA) is 66.4 Å². The molecule has 0 radical (unpaired) electrons. The zero-order valence-electron chi connectivity index (χ0n) is 14.8. The molecule has 0 fully saturated rings. The van der Waals surface area contributed by atoms with Crippen molar-refractivity contribution in [3.8, 4) is 11.1 Å². The summed E-state index contributed by atoms with van der Waals surface area (Å²) in [6.45, 7) is 0. The predicted molar refractivity (Wildman–Crippen MR) is 103 cm³/mol. The molecule has 1 atom stereocenters. The number of aromatic carboxylic acids is 1. The van der Waals surface area contributed by atoms with Gasteiger partial charge in [0.1, 0.15) is 4.88 Å². The van der Waals surface area contributed by atoms with Crippen LogP contribution in [-0.2, 0) is 11.0 Å². The van der Waals surface area contributed by atoms with Crippen molar-refractivity contribution in [1.29, 1.82) is 0 Å². The Morgan fingerprint density at radius 2 is 1.72 bits per heavy atom. The van der Waals surface area contributed by atoms with Gasteiger partial charge in [-0.1, -0.05) is 48.5 Å². The molecule has 1 aliphatic rings. The number of hydrogen-bond donors (Lipinski definition) is 2. The molecule has 0 saturated carbocycles. The minimum absolute atomic E-state index is 0.0158. The lowest BCUT2D eigenvalue weighted by Gasteiger charge is -2.26. The fourth-order valence-electron chi connectivity index (χ4n) is 3.63. The number of benzene rings is 2. The first kappa shape index (κ1) is 19.2. The van der Waals surface area contributed by atoms with Gasteiger partial charge in [-0.05, 0) is 17.2 Å². The van der Waals surface area contributed by atoms with E-state index in [1.807, 2.05) is 0 Å².